The Morgan fingerprint density at radius 3 is 2.79 bits per heavy atom. The number of rotatable bonds is 6. The SMILES string of the molecule is NC(CCCCNC(=O)c1cc(F)ccc1F)=NO. The molecule has 0 heterocycles. The van der Waals surface area contributed by atoms with Gasteiger partial charge in [0.2, 0.25) is 0 Å². The molecule has 5 nitrogen and oxygen atoms in total. The number of nitrogens with zero attached hydrogens (tertiary/aromatic N) is 1. The highest BCUT2D eigenvalue weighted by atomic mass is 19.1. The zero-order valence-electron chi connectivity index (χ0n) is 10.2. The maximum absolute atomic E-state index is 13.3. The number of benzene rings is 1. The first-order valence-corrected chi connectivity index (χ1v) is 5.74. The van der Waals surface area contributed by atoms with Crippen molar-refractivity contribution in [3.05, 3.63) is 35.4 Å². The van der Waals surface area contributed by atoms with E-state index in [0.717, 1.165) is 18.2 Å². The third-order valence-corrected chi connectivity index (χ3v) is 2.45. The molecular weight excluding hydrogens is 256 g/mol. The van der Waals surface area contributed by atoms with Crippen LogP contribution >= 0.6 is 0 Å². The number of carbonyl (C=O) groups excluding carboxylic acids is 1. The van der Waals surface area contributed by atoms with Crippen LogP contribution in [-0.2, 0) is 0 Å². The second kappa shape index (κ2) is 7.30. The maximum atomic E-state index is 13.3. The predicted octanol–water partition coefficient (Wildman–Crippen LogP) is 1.61. The van der Waals surface area contributed by atoms with Crippen molar-refractivity contribution in [3.8, 4) is 0 Å². The van der Waals surface area contributed by atoms with Gasteiger partial charge < -0.3 is 16.3 Å². The Balaban J connectivity index is 2.37. The Bertz CT molecular complexity index is 478. The molecule has 1 aromatic carbocycles. The highest BCUT2D eigenvalue weighted by Crippen LogP contribution is 2.09. The van der Waals surface area contributed by atoms with Crippen molar-refractivity contribution in [2.45, 2.75) is 19.3 Å². The summed E-state index contributed by atoms with van der Waals surface area (Å²) in [7, 11) is 0. The predicted molar refractivity (Wildman–Crippen MR) is 66.0 cm³/mol. The quantitative estimate of drug-likeness (QED) is 0.241. The van der Waals surface area contributed by atoms with Crippen LogP contribution < -0.4 is 11.1 Å². The fourth-order valence-corrected chi connectivity index (χ4v) is 1.45. The van der Waals surface area contributed by atoms with Gasteiger partial charge in [-0.2, -0.15) is 0 Å². The van der Waals surface area contributed by atoms with E-state index in [4.69, 9.17) is 10.9 Å². The first kappa shape index (κ1) is 14.9. The third-order valence-electron chi connectivity index (χ3n) is 2.45. The Morgan fingerprint density at radius 1 is 1.37 bits per heavy atom. The van der Waals surface area contributed by atoms with Crippen LogP contribution in [0.15, 0.2) is 23.4 Å². The van der Waals surface area contributed by atoms with Crippen LogP contribution in [0.5, 0.6) is 0 Å². The Kier molecular flexibility index (Phi) is 5.72. The van der Waals surface area contributed by atoms with Crippen LogP contribution in [-0.4, -0.2) is 23.5 Å². The van der Waals surface area contributed by atoms with Gasteiger partial charge in [0, 0.05) is 13.0 Å². The summed E-state index contributed by atoms with van der Waals surface area (Å²) in [6.45, 7) is 0.299. The zero-order chi connectivity index (χ0) is 14.3. The van der Waals surface area contributed by atoms with E-state index in [0.29, 0.717) is 25.8 Å². The van der Waals surface area contributed by atoms with Gasteiger partial charge in [-0.25, -0.2) is 8.78 Å². The first-order valence-electron chi connectivity index (χ1n) is 5.74. The third kappa shape index (κ3) is 4.90. The summed E-state index contributed by atoms with van der Waals surface area (Å²) in [5.74, 6) is -1.99. The molecule has 0 aliphatic rings. The molecule has 1 amide bonds. The van der Waals surface area contributed by atoms with Crippen molar-refractivity contribution in [3.63, 3.8) is 0 Å². The normalized spacial score (nSPS) is 11.4. The summed E-state index contributed by atoms with van der Waals surface area (Å²) in [5.41, 5.74) is 4.94. The molecule has 0 aliphatic heterocycles. The van der Waals surface area contributed by atoms with Crippen molar-refractivity contribution in [2.24, 2.45) is 10.9 Å². The standard InChI is InChI=1S/C12H15F2N3O2/c13-8-4-5-10(14)9(7-8)12(18)16-6-2-1-3-11(15)17-19/h4-5,7,19H,1-3,6H2,(H2,15,17)(H,16,18). The van der Waals surface area contributed by atoms with Crippen LogP contribution in [0.25, 0.3) is 0 Å². The smallest absolute Gasteiger partial charge is 0.254 e. The lowest BCUT2D eigenvalue weighted by Crippen LogP contribution is -2.25. The van der Waals surface area contributed by atoms with Crippen LogP contribution in [0.4, 0.5) is 8.78 Å². The highest BCUT2D eigenvalue weighted by Gasteiger charge is 2.11. The largest absolute Gasteiger partial charge is 0.409 e. The van der Waals surface area contributed by atoms with Crippen molar-refractivity contribution in [1.82, 2.24) is 5.32 Å². The molecule has 0 saturated heterocycles. The van der Waals surface area contributed by atoms with Crippen LogP contribution in [0, 0.1) is 11.6 Å². The maximum Gasteiger partial charge on any atom is 0.254 e. The molecule has 104 valence electrons. The molecule has 0 saturated carbocycles. The van der Waals surface area contributed by atoms with Gasteiger partial charge in [-0.05, 0) is 31.0 Å². The van der Waals surface area contributed by atoms with E-state index in [1.54, 1.807) is 0 Å². The van der Waals surface area contributed by atoms with Gasteiger partial charge in [0.05, 0.1) is 5.56 Å². The molecule has 0 unspecified atom stereocenters. The monoisotopic (exact) mass is 271 g/mol. The number of nitrogens with two attached hydrogens (primary N) is 1. The van der Waals surface area contributed by atoms with Gasteiger partial charge in [-0.1, -0.05) is 5.16 Å². The number of nitrogens with one attached hydrogen (secondary N) is 1. The van der Waals surface area contributed by atoms with Gasteiger partial charge in [0.25, 0.3) is 5.91 Å². The van der Waals surface area contributed by atoms with E-state index in [2.05, 4.69) is 10.5 Å². The van der Waals surface area contributed by atoms with E-state index in [-0.39, 0.29) is 11.4 Å². The minimum Gasteiger partial charge on any atom is -0.409 e. The summed E-state index contributed by atoms with van der Waals surface area (Å²) in [5, 5.41) is 13.6. The van der Waals surface area contributed by atoms with Crippen LogP contribution in [0.3, 0.4) is 0 Å². The van der Waals surface area contributed by atoms with Gasteiger partial charge in [-0.15, -0.1) is 0 Å². The molecule has 0 radical (unpaired) electrons. The first-order chi connectivity index (χ1) is 9.04. The molecule has 0 fully saturated rings. The van der Waals surface area contributed by atoms with Crippen molar-refractivity contribution < 1.29 is 18.8 Å². The molecule has 1 rings (SSSR count). The average molecular weight is 271 g/mol. The fraction of sp³-hybridized carbons (Fsp3) is 0.333. The van der Waals surface area contributed by atoms with E-state index in [1.807, 2.05) is 0 Å². The molecule has 0 spiro atoms. The van der Waals surface area contributed by atoms with E-state index in [1.165, 1.54) is 0 Å². The minimum atomic E-state index is -0.768. The molecule has 0 atom stereocenters. The number of oxime groups is 1. The molecule has 19 heavy (non-hydrogen) atoms. The number of halogens is 2. The van der Waals surface area contributed by atoms with Crippen molar-refractivity contribution in [1.29, 1.82) is 0 Å². The molecular formula is C12H15F2N3O2. The lowest BCUT2D eigenvalue weighted by Gasteiger charge is -2.06. The van der Waals surface area contributed by atoms with E-state index < -0.39 is 17.5 Å². The molecule has 0 aromatic heterocycles. The number of hydrogen-bond acceptors (Lipinski definition) is 3. The van der Waals surface area contributed by atoms with E-state index in [9.17, 15) is 13.6 Å². The lowest BCUT2D eigenvalue weighted by atomic mass is 10.2. The lowest BCUT2D eigenvalue weighted by molar-refractivity contribution is 0.0948. The highest BCUT2D eigenvalue weighted by molar-refractivity contribution is 5.94. The fourth-order valence-electron chi connectivity index (χ4n) is 1.45. The summed E-state index contributed by atoms with van der Waals surface area (Å²) >= 11 is 0. The second-order valence-electron chi connectivity index (χ2n) is 3.93. The Labute approximate surface area is 109 Å². The van der Waals surface area contributed by atoms with Crippen molar-refractivity contribution >= 4 is 11.7 Å². The summed E-state index contributed by atoms with van der Waals surface area (Å²) in [6, 6.07) is 2.70. The Hall–Kier alpha value is -2.18. The minimum absolute atomic E-state index is 0.113. The molecule has 7 heteroatoms. The zero-order valence-corrected chi connectivity index (χ0v) is 10.2. The van der Waals surface area contributed by atoms with E-state index >= 15 is 0 Å². The summed E-state index contributed by atoms with van der Waals surface area (Å²) < 4.78 is 26.1. The van der Waals surface area contributed by atoms with Gasteiger partial charge in [-0.3, -0.25) is 4.79 Å². The molecule has 1 aromatic rings. The number of amides is 1. The second-order valence-corrected chi connectivity index (χ2v) is 3.93. The summed E-state index contributed by atoms with van der Waals surface area (Å²) in [6.07, 6.45) is 1.60. The van der Waals surface area contributed by atoms with Crippen LogP contribution in [0.2, 0.25) is 0 Å². The topological polar surface area (TPSA) is 87.7 Å². The van der Waals surface area contributed by atoms with Gasteiger partial charge in [0.1, 0.15) is 17.5 Å². The number of hydrogen-bond donors (Lipinski definition) is 3. The van der Waals surface area contributed by atoms with Gasteiger partial charge >= 0.3 is 0 Å². The molecule has 0 bridgehead atoms. The molecule has 0 aliphatic carbocycles. The number of unbranched alkanes of at least 4 members (excludes halogenated alkanes) is 1. The summed E-state index contributed by atoms with van der Waals surface area (Å²) in [4.78, 5) is 11.6. The Morgan fingerprint density at radius 2 is 2.11 bits per heavy atom. The van der Waals surface area contributed by atoms with Crippen molar-refractivity contribution in [2.75, 3.05) is 6.54 Å². The van der Waals surface area contributed by atoms with Crippen LogP contribution in [0.1, 0.15) is 29.6 Å². The van der Waals surface area contributed by atoms with Gasteiger partial charge in [0.15, 0.2) is 0 Å². The number of amidine groups is 1. The number of carbonyl (C=O) groups is 1. The average Bonchev–Trinajstić information content (AvgIpc) is 2.40. The molecule has 4 N–H and O–H groups in total.